The van der Waals surface area contributed by atoms with Crippen molar-refractivity contribution >= 4 is 0 Å². The number of ether oxygens (including phenoxy) is 1. The Balaban J connectivity index is 1.37. The first-order valence-corrected chi connectivity index (χ1v) is 9.52. The summed E-state index contributed by atoms with van der Waals surface area (Å²) < 4.78 is 7.83. The van der Waals surface area contributed by atoms with Crippen LogP contribution in [0.1, 0.15) is 30.3 Å². The van der Waals surface area contributed by atoms with Crippen molar-refractivity contribution in [3.8, 4) is 11.6 Å². The number of likely N-dealkylation sites (tertiary alicyclic amines) is 1. The van der Waals surface area contributed by atoms with Crippen molar-refractivity contribution in [1.29, 1.82) is 0 Å². The molecule has 0 N–H and O–H groups in total. The van der Waals surface area contributed by atoms with E-state index in [2.05, 4.69) is 14.9 Å². The van der Waals surface area contributed by atoms with Gasteiger partial charge in [0.05, 0.1) is 11.9 Å². The van der Waals surface area contributed by atoms with Crippen molar-refractivity contribution in [2.75, 3.05) is 26.2 Å². The second-order valence-corrected chi connectivity index (χ2v) is 6.95. The van der Waals surface area contributed by atoms with Gasteiger partial charge in [-0.1, -0.05) is 18.2 Å². The van der Waals surface area contributed by atoms with E-state index >= 15 is 0 Å². The van der Waals surface area contributed by atoms with Gasteiger partial charge in [-0.25, -0.2) is 9.97 Å². The van der Waals surface area contributed by atoms with Crippen molar-refractivity contribution in [3.63, 3.8) is 0 Å². The van der Waals surface area contributed by atoms with Gasteiger partial charge in [0.2, 0.25) is 0 Å². The summed E-state index contributed by atoms with van der Waals surface area (Å²) in [6, 6.07) is 10.00. The maximum absolute atomic E-state index is 5.85. The molecule has 0 saturated carbocycles. The summed E-state index contributed by atoms with van der Waals surface area (Å²) in [5.74, 6) is 3.10. The zero-order valence-corrected chi connectivity index (χ0v) is 15.7. The lowest BCUT2D eigenvalue weighted by Gasteiger charge is -2.32. The Kier molecular flexibility index (Phi) is 5.44. The van der Waals surface area contributed by atoms with E-state index in [4.69, 9.17) is 9.72 Å². The molecule has 1 saturated heterocycles. The number of imidazole rings is 1. The van der Waals surface area contributed by atoms with E-state index in [9.17, 15) is 0 Å². The summed E-state index contributed by atoms with van der Waals surface area (Å²) >= 11 is 0. The van der Waals surface area contributed by atoms with Crippen LogP contribution in [0.15, 0.2) is 55.1 Å². The highest BCUT2D eigenvalue weighted by Gasteiger charge is 2.23. The third-order valence-electron chi connectivity index (χ3n) is 5.06. The Morgan fingerprint density at radius 1 is 1.19 bits per heavy atom. The number of piperidine rings is 1. The van der Waals surface area contributed by atoms with Crippen LogP contribution in [0.4, 0.5) is 0 Å². The first-order valence-electron chi connectivity index (χ1n) is 9.52. The molecule has 0 amide bonds. The molecule has 0 aliphatic carbocycles. The van der Waals surface area contributed by atoms with Crippen LogP contribution in [0.5, 0.6) is 5.75 Å². The maximum atomic E-state index is 5.85. The van der Waals surface area contributed by atoms with Gasteiger partial charge < -0.3 is 4.74 Å². The molecule has 0 bridgehead atoms. The van der Waals surface area contributed by atoms with E-state index in [0.29, 0.717) is 12.5 Å². The van der Waals surface area contributed by atoms with Crippen LogP contribution in [0.2, 0.25) is 0 Å². The summed E-state index contributed by atoms with van der Waals surface area (Å²) in [4.78, 5) is 16.0. The molecule has 0 radical (unpaired) electrons. The summed E-state index contributed by atoms with van der Waals surface area (Å²) in [6.45, 7) is 5.72. The van der Waals surface area contributed by atoms with Gasteiger partial charge >= 0.3 is 0 Å². The van der Waals surface area contributed by atoms with Crippen molar-refractivity contribution in [2.45, 2.75) is 25.7 Å². The van der Waals surface area contributed by atoms with Gasteiger partial charge in [0.25, 0.3) is 0 Å². The number of benzene rings is 1. The highest BCUT2D eigenvalue weighted by Crippen LogP contribution is 2.25. The summed E-state index contributed by atoms with van der Waals surface area (Å²) in [6.07, 6.45) is 9.75. The molecular weight excluding hydrogens is 338 g/mol. The van der Waals surface area contributed by atoms with Gasteiger partial charge in [0.15, 0.2) is 5.82 Å². The predicted octanol–water partition coefficient (Wildman–Crippen LogP) is 3.23. The summed E-state index contributed by atoms with van der Waals surface area (Å²) in [7, 11) is 0. The molecule has 0 unspecified atom stereocenters. The van der Waals surface area contributed by atoms with E-state index in [1.807, 2.05) is 54.2 Å². The van der Waals surface area contributed by atoms with Crippen LogP contribution < -0.4 is 4.74 Å². The molecule has 1 aliphatic rings. The Hall–Kier alpha value is -2.73. The molecule has 3 heterocycles. The maximum Gasteiger partial charge on any atom is 0.156 e. The molecule has 1 aromatic carbocycles. The lowest BCUT2D eigenvalue weighted by molar-refractivity contribution is 0.169. The fourth-order valence-electron chi connectivity index (χ4n) is 3.61. The van der Waals surface area contributed by atoms with Gasteiger partial charge in [-0.15, -0.1) is 0 Å². The average Bonchev–Trinajstić information content (AvgIpc) is 3.15. The number of nitrogens with zero attached hydrogens (tertiary/aromatic N) is 5. The molecular formula is C21H25N5O. The first kappa shape index (κ1) is 17.7. The van der Waals surface area contributed by atoms with E-state index in [1.165, 1.54) is 6.42 Å². The van der Waals surface area contributed by atoms with Crippen LogP contribution in [0.25, 0.3) is 5.82 Å². The molecule has 4 rings (SSSR count). The van der Waals surface area contributed by atoms with Gasteiger partial charge in [-0.05, 0) is 38.4 Å². The quantitative estimate of drug-likeness (QED) is 0.673. The number of aromatic nitrogens is 4. The SMILES string of the molecule is Cc1nccn1-c1cncc([C@@H]2CCCN(CCOc3ccccc3)C2)n1. The molecule has 140 valence electrons. The van der Waals surface area contributed by atoms with Gasteiger partial charge in [-0.2, -0.15) is 0 Å². The zero-order chi connectivity index (χ0) is 18.5. The van der Waals surface area contributed by atoms with E-state index in [1.54, 1.807) is 12.4 Å². The molecule has 1 aliphatic heterocycles. The number of para-hydroxylation sites is 1. The molecule has 0 spiro atoms. The topological polar surface area (TPSA) is 56.1 Å². The van der Waals surface area contributed by atoms with Gasteiger partial charge in [-0.3, -0.25) is 14.5 Å². The first-order chi connectivity index (χ1) is 13.3. The average molecular weight is 363 g/mol. The third-order valence-corrected chi connectivity index (χ3v) is 5.06. The monoisotopic (exact) mass is 363 g/mol. The number of hydrogen-bond donors (Lipinski definition) is 0. The Labute approximate surface area is 159 Å². The summed E-state index contributed by atoms with van der Waals surface area (Å²) in [5.41, 5.74) is 1.06. The third kappa shape index (κ3) is 4.34. The zero-order valence-electron chi connectivity index (χ0n) is 15.7. The smallest absolute Gasteiger partial charge is 0.156 e. The summed E-state index contributed by atoms with van der Waals surface area (Å²) in [5, 5.41) is 0. The second-order valence-electron chi connectivity index (χ2n) is 6.95. The Morgan fingerprint density at radius 3 is 2.89 bits per heavy atom. The second kappa shape index (κ2) is 8.31. The molecule has 6 nitrogen and oxygen atoms in total. The number of hydrogen-bond acceptors (Lipinski definition) is 5. The van der Waals surface area contributed by atoms with E-state index in [0.717, 1.165) is 49.1 Å². The molecule has 3 aromatic rings. The minimum absolute atomic E-state index is 0.409. The van der Waals surface area contributed by atoms with Crippen LogP contribution in [0, 0.1) is 6.92 Å². The number of rotatable bonds is 6. The highest BCUT2D eigenvalue weighted by molar-refractivity contribution is 5.24. The fourth-order valence-corrected chi connectivity index (χ4v) is 3.61. The fraction of sp³-hybridized carbons (Fsp3) is 0.381. The van der Waals surface area contributed by atoms with Crippen molar-refractivity contribution < 1.29 is 4.74 Å². The van der Waals surface area contributed by atoms with Crippen molar-refractivity contribution in [3.05, 3.63) is 66.6 Å². The van der Waals surface area contributed by atoms with Crippen molar-refractivity contribution in [2.24, 2.45) is 0 Å². The standard InChI is InChI=1S/C21H25N5O/c1-17-23-9-11-26(17)21-15-22-14-20(24-21)18-6-5-10-25(16-18)12-13-27-19-7-3-2-4-8-19/h2-4,7-9,11,14-15,18H,5-6,10,12-13,16H2,1H3/t18-/m1/s1. The molecule has 6 heteroatoms. The molecule has 1 atom stereocenters. The van der Waals surface area contributed by atoms with E-state index in [-0.39, 0.29) is 0 Å². The predicted molar refractivity (Wildman–Crippen MR) is 104 cm³/mol. The largest absolute Gasteiger partial charge is 0.492 e. The lowest BCUT2D eigenvalue weighted by atomic mass is 9.95. The minimum atomic E-state index is 0.409. The van der Waals surface area contributed by atoms with Crippen LogP contribution in [-0.2, 0) is 0 Å². The minimum Gasteiger partial charge on any atom is -0.492 e. The van der Waals surface area contributed by atoms with Crippen LogP contribution >= 0.6 is 0 Å². The Morgan fingerprint density at radius 2 is 2.07 bits per heavy atom. The van der Waals surface area contributed by atoms with E-state index < -0.39 is 0 Å². The Bertz CT molecular complexity index is 864. The molecule has 2 aromatic heterocycles. The van der Waals surface area contributed by atoms with Crippen molar-refractivity contribution in [1.82, 2.24) is 24.4 Å². The highest BCUT2D eigenvalue weighted by atomic mass is 16.5. The molecule has 1 fully saturated rings. The lowest BCUT2D eigenvalue weighted by Crippen LogP contribution is -2.37. The number of aryl methyl sites for hydroxylation is 1. The van der Waals surface area contributed by atoms with Gasteiger partial charge in [0.1, 0.15) is 18.2 Å². The molecule has 27 heavy (non-hydrogen) atoms. The normalized spacial score (nSPS) is 17.7. The van der Waals surface area contributed by atoms with Gasteiger partial charge in [0, 0.05) is 37.6 Å². The van der Waals surface area contributed by atoms with Crippen LogP contribution in [0.3, 0.4) is 0 Å². The van der Waals surface area contributed by atoms with Crippen LogP contribution in [-0.4, -0.2) is 50.7 Å².